The third kappa shape index (κ3) is 5.74. The number of aromatic nitrogens is 2. The second-order valence-electron chi connectivity index (χ2n) is 10.2. The molecule has 2 heterocycles. The molecule has 6 rings (SSSR count). The van der Waals surface area contributed by atoms with E-state index in [9.17, 15) is 0 Å². The van der Waals surface area contributed by atoms with Crippen LogP contribution in [0.2, 0.25) is 0 Å². The molecule has 2 aromatic heterocycles. The molecule has 6 aromatic rings. The second-order valence-corrected chi connectivity index (χ2v) is 10.2. The molecule has 0 fully saturated rings. The van der Waals surface area contributed by atoms with Gasteiger partial charge in [0.05, 0.1) is 0 Å². The van der Waals surface area contributed by atoms with Crippen LogP contribution >= 0.6 is 0 Å². The molecule has 0 spiro atoms. The van der Waals surface area contributed by atoms with Crippen LogP contribution in [0.1, 0.15) is 25.2 Å². The molecule has 0 amide bonds. The quantitative estimate of drug-likeness (QED) is 0.163. The molecule has 4 aromatic carbocycles. The minimum Gasteiger partial charge on any atom is -0.300 e. The van der Waals surface area contributed by atoms with E-state index in [1.807, 2.05) is 36.4 Å². The molecule has 0 bridgehead atoms. The first-order valence-corrected chi connectivity index (χ1v) is 13.2. The van der Waals surface area contributed by atoms with Crippen LogP contribution in [0.4, 0.5) is 0 Å². The summed E-state index contributed by atoms with van der Waals surface area (Å²) in [6.07, 6.45) is 0. The third-order valence-corrected chi connectivity index (χ3v) is 7.15. The number of rotatable bonds is 6. The van der Waals surface area contributed by atoms with Crippen LogP contribution in [0.5, 0.6) is 0 Å². The fraction of sp³-hybridized carbons (Fsp3) is 0.0811. The van der Waals surface area contributed by atoms with Gasteiger partial charge in [0.25, 0.3) is 0 Å². The van der Waals surface area contributed by atoms with Gasteiger partial charge >= 0.3 is 21.1 Å². The Balaban J connectivity index is 0.00000323. The molecule has 0 saturated carbocycles. The minimum atomic E-state index is -0.403. The summed E-state index contributed by atoms with van der Waals surface area (Å²) >= 11 is 0. The standard InChI is InChI=1S/C37H28N2.Pt/c1-37(2,35-23-11-21-33(38-35)31-19-9-17-29(25-31)27-13-5-3-6-14-27)36-24-12-22-34(39-36)32-20-10-18-30(26-32)28-15-7-4-8-16-28;/h3-18,21-26H,1-2H3;/q-2;+2. The van der Waals surface area contributed by atoms with Crippen molar-refractivity contribution in [2.45, 2.75) is 19.3 Å². The maximum Gasteiger partial charge on any atom is 2.00 e. The van der Waals surface area contributed by atoms with Gasteiger partial charge in [-0.05, 0) is 48.5 Å². The van der Waals surface area contributed by atoms with Gasteiger partial charge in [0, 0.05) is 16.8 Å². The van der Waals surface area contributed by atoms with E-state index in [1.54, 1.807) is 0 Å². The SMILES string of the molecule is CC(C)(c1cccc(-c2[c-]ccc(-c3ccccc3)c2)n1)c1cccc(-c2[c-]ccc(-c3ccccc3)c2)n1.[Pt+2]. The van der Waals surface area contributed by atoms with E-state index in [4.69, 9.17) is 9.97 Å². The van der Waals surface area contributed by atoms with Crippen molar-refractivity contribution in [3.05, 3.63) is 157 Å². The van der Waals surface area contributed by atoms with Gasteiger partial charge in [0.15, 0.2) is 0 Å². The van der Waals surface area contributed by atoms with Gasteiger partial charge in [0.2, 0.25) is 0 Å². The van der Waals surface area contributed by atoms with Crippen LogP contribution in [0, 0.1) is 12.1 Å². The zero-order chi connectivity index (χ0) is 26.7. The summed E-state index contributed by atoms with van der Waals surface area (Å²) in [5.41, 5.74) is 9.94. The Labute approximate surface area is 251 Å². The Morgan fingerprint density at radius 1 is 0.475 bits per heavy atom. The minimum absolute atomic E-state index is 0. The first-order valence-electron chi connectivity index (χ1n) is 13.2. The van der Waals surface area contributed by atoms with E-state index in [0.29, 0.717) is 0 Å². The van der Waals surface area contributed by atoms with E-state index in [1.165, 1.54) is 11.1 Å². The van der Waals surface area contributed by atoms with E-state index in [0.717, 1.165) is 45.0 Å². The Bertz CT molecular complexity index is 1600. The first-order chi connectivity index (χ1) is 19.1. The number of hydrogen-bond acceptors (Lipinski definition) is 2. The number of nitrogens with zero attached hydrogens (tertiary/aromatic N) is 2. The molecular weight excluding hydrogens is 667 g/mol. The van der Waals surface area contributed by atoms with Gasteiger partial charge in [-0.25, -0.2) is 0 Å². The predicted molar refractivity (Wildman–Crippen MR) is 160 cm³/mol. The van der Waals surface area contributed by atoms with E-state index < -0.39 is 5.41 Å². The van der Waals surface area contributed by atoms with Crippen LogP contribution < -0.4 is 0 Å². The van der Waals surface area contributed by atoms with Crippen molar-refractivity contribution in [3.63, 3.8) is 0 Å². The van der Waals surface area contributed by atoms with Crippen LogP contribution in [-0.4, -0.2) is 9.97 Å². The van der Waals surface area contributed by atoms with Gasteiger partial charge in [-0.2, -0.15) is 0 Å². The first kappa shape index (κ1) is 27.4. The van der Waals surface area contributed by atoms with Crippen molar-refractivity contribution in [1.29, 1.82) is 0 Å². The van der Waals surface area contributed by atoms with E-state index in [-0.39, 0.29) is 21.1 Å². The monoisotopic (exact) mass is 695 g/mol. The predicted octanol–water partition coefficient (Wildman–Crippen LogP) is 9.07. The number of benzene rings is 4. The topological polar surface area (TPSA) is 25.8 Å². The van der Waals surface area contributed by atoms with Crippen LogP contribution in [-0.2, 0) is 26.5 Å². The normalized spacial score (nSPS) is 11.1. The molecule has 0 atom stereocenters. The smallest absolute Gasteiger partial charge is 0.300 e. The Hall–Kier alpha value is -4.13. The van der Waals surface area contributed by atoms with Crippen molar-refractivity contribution >= 4 is 0 Å². The van der Waals surface area contributed by atoms with Gasteiger partial charge in [0.1, 0.15) is 0 Å². The molecule has 0 radical (unpaired) electrons. The third-order valence-electron chi connectivity index (χ3n) is 7.15. The largest absolute Gasteiger partial charge is 2.00 e. The van der Waals surface area contributed by atoms with Crippen molar-refractivity contribution in [1.82, 2.24) is 9.97 Å². The summed E-state index contributed by atoms with van der Waals surface area (Å²) in [6.45, 7) is 4.36. The zero-order valence-electron chi connectivity index (χ0n) is 22.4. The molecular formula is C37H28N2Pt. The van der Waals surface area contributed by atoms with Crippen molar-refractivity contribution < 1.29 is 21.1 Å². The molecule has 0 aliphatic rings. The Morgan fingerprint density at radius 3 is 1.32 bits per heavy atom. The molecule has 3 heteroatoms. The van der Waals surface area contributed by atoms with Crippen LogP contribution in [0.3, 0.4) is 0 Å². The van der Waals surface area contributed by atoms with Gasteiger partial charge < -0.3 is 9.97 Å². The van der Waals surface area contributed by atoms with Gasteiger partial charge in [-0.15, -0.1) is 70.8 Å². The molecule has 0 aliphatic heterocycles. The maximum atomic E-state index is 5.10. The summed E-state index contributed by atoms with van der Waals surface area (Å²) < 4.78 is 0. The van der Waals surface area contributed by atoms with Gasteiger partial charge in [-0.3, -0.25) is 0 Å². The summed E-state index contributed by atoms with van der Waals surface area (Å²) in [5, 5.41) is 0. The Kier molecular flexibility index (Phi) is 8.19. The molecule has 0 aliphatic carbocycles. The molecule has 0 unspecified atom stereocenters. The molecule has 0 N–H and O–H groups in total. The summed E-state index contributed by atoms with van der Waals surface area (Å²) in [5.74, 6) is 0. The summed E-state index contributed by atoms with van der Waals surface area (Å²) in [6, 6.07) is 52.4. The van der Waals surface area contributed by atoms with Crippen molar-refractivity contribution in [2.75, 3.05) is 0 Å². The average Bonchev–Trinajstić information content (AvgIpc) is 3.02. The second kappa shape index (κ2) is 11.9. The van der Waals surface area contributed by atoms with Crippen LogP contribution in [0.15, 0.2) is 133 Å². The zero-order valence-corrected chi connectivity index (χ0v) is 24.7. The molecule has 0 saturated heterocycles. The average molecular weight is 696 g/mol. The fourth-order valence-electron chi connectivity index (χ4n) is 4.85. The summed E-state index contributed by atoms with van der Waals surface area (Å²) in [4.78, 5) is 10.2. The van der Waals surface area contributed by atoms with Crippen molar-refractivity contribution in [2.24, 2.45) is 0 Å². The van der Waals surface area contributed by atoms with Crippen LogP contribution in [0.25, 0.3) is 44.8 Å². The fourth-order valence-corrected chi connectivity index (χ4v) is 4.85. The number of hydrogen-bond donors (Lipinski definition) is 0. The molecule has 2 nitrogen and oxygen atoms in total. The Morgan fingerprint density at radius 2 is 0.900 bits per heavy atom. The number of pyridine rings is 2. The van der Waals surface area contributed by atoms with E-state index >= 15 is 0 Å². The summed E-state index contributed by atoms with van der Waals surface area (Å²) in [7, 11) is 0. The van der Waals surface area contributed by atoms with E-state index in [2.05, 4.69) is 123 Å². The van der Waals surface area contributed by atoms with Crippen molar-refractivity contribution in [3.8, 4) is 44.8 Å². The van der Waals surface area contributed by atoms with Gasteiger partial charge in [-0.1, -0.05) is 84.9 Å². The molecule has 40 heavy (non-hydrogen) atoms. The maximum absolute atomic E-state index is 5.10. The molecule has 196 valence electrons.